The van der Waals surface area contributed by atoms with Crippen molar-refractivity contribution in [3.63, 3.8) is 0 Å². The summed E-state index contributed by atoms with van der Waals surface area (Å²) in [6, 6.07) is 4.01. The van der Waals surface area contributed by atoms with Crippen LogP contribution in [-0.4, -0.2) is 79.0 Å². The monoisotopic (exact) mass is 440 g/mol. The molecule has 1 atom stereocenters. The molecular weight excluding hydrogens is 406 g/mol. The highest BCUT2D eigenvalue weighted by Crippen LogP contribution is 2.37. The third kappa shape index (κ3) is 6.14. The van der Waals surface area contributed by atoms with E-state index in [0.717, 1.165) is 31.7 Å². The van der Waals surface area contributed by atoms with Crippen molar-refractivity contribution < 1.29 is 28.2 Å². The lowest BCUT2D eigenvalue weighted by atomic mass is 9.75. The number of carbonyl (C=O) groups is 1. The first kappa shape index (κ1) is 23.9. The van der Waals surface area contributed by atoms with E-state index >= 15 is 0 Å². The fourth-order valence-electron chi connectivity index (χ4n) is 4.58. The number of hydrogen-bond donors (Lipinski definition) is 1. The topological polar surface area (TPSA) is 62.2 Å². The van der Waals surface area contributed by atoms with E-state index in [9.17, 15) is 18.7 Å². The average Bonchev–Trinajstić information content (AvgIpc) is 2.89. The molecule has 2 aliphatic rings. The number of halogens is 2. The molecule has 8 heteroatoms. The Balaban J connectivity index is 1.76. The molecule has 1 amide bonds. The fourth-order valence-corrected chi connectivity index (χ4v) is 4.58. The largest absolute Gasteiger partial charge is 0.487 e. The Morgan fingerprint density at radius 3 is 2.58 bits per heavy atom. The van der Waals surface area contributed by atoms with Gasteiger partial charge in [0.25, 0.3) is 0 Å². The first-order chi connectivity index (χ1) is 14.6. The maximum Gasteiger partial charge on any atom is 0.248 e. The highest BCUT2D eigenvalue weighted by atomic mass is 19.2. The van der Waals surface area contributed by atoms with Crippen molar-refractivity contribution in [3.8, 4) is 5.75 Å². The highest BCUT2D eigenvalue weighted by molar-refractivity contribution is 5.77. The van der Waals surface area contributed by atoms with Crippen LogP contribution in [0.4, 0.5) is 8.78 Å². The number of carbonyl (C=O) groups excluding carboxylic acids is 1. The highest BCUT2D eigenvalue weighted by Gasteiger charge is 2.41. The van der Waals surface area contributed by atoms with Gasteiger partial charge in [0.05, 0.1) is 6.54 Å². The lowest BCUT2D eigenvalue weighted by molar-refractivity contribution is -0.138. The maximum atomic E-state index is 14.0. The van der Waals surface area contributed by atoms with E-state index in [1.165, 1.54) is 19.2 Å². The van der Waals surface area contributed by atoms with Gasteiger partial charge in [-0.05, 0) is 43.2 Å². The predicted octanol–water partition coefficient (Wildman–Crippen LogP) is 2.83. The third-order valence-corrected chi connectivity index (χ3v) is 6.50. The molecule has 0 spiro atoms. The number of ether oxygens (including phenoxy) is 2. The summed E-state index contributed by atoms with van der Waals surface area (Å²) in [5, 5.41) is 11.4. The summed E-state index contributed by atoms with van der Waals surface area (Å²) < 4.78 is 38.1. The second-order valence-electron chi connectivity index (χ2n) is 9.68. The molecule has 1 aliphatic heterocycles. The molecule has 1 saturated heterocycles. The van der Waals surface area contributed by atoms with Gasteiger partial charge in [-0.15, -0.1) is 0 Å². The predicted molar refractivity (Wildman–Crippen MR) is 113 cm³/mol. The number of hydrogen-bond acceptors (Lipinski definition) is 5. The summed E-state index contributed by atoms with van der Waals surface area (Å²) in [5.41, 5.74) is -1.11. The summed E-state index contributed by atoms with van der Waals surface area (Å²) in [5.74, 6) is -2.56. The summed E-state index contributed by atoms with van der Waals surface area (Å²) in [6.07, 6.45) is 4.25. The fraction of sp³-hybridized carbons (Fsp3) is 0.696. The van der Waals surface area contributed by atoms with Crippen molar-refractivity contribution in [1.29, 1.82) is 0 Å². The zero-order valence-electron chi connectivity index (χ0n) is 18.7. The molecule has 1 N–H and O–H groups in total. The van der Waals surface area contributed by atoms with Crippen molar-refractivity contribution in [2.75, 3.05) is 46.5 Å². The van der Waals surface area contributed by atoms with Crippen LogP contribution >= 0.6 is 0 Å². The third-order valence-electron chi connectivity index (χ3n) is 6.50. The molecule has 0 unspecified atom stereocenters. The number of β-amino-alcohol motifs (C(OH)–C–C–N with tert-alkyl or cyclic N) is 1. The molecular formula is C23H34F2N2O4. The molecule has 174 valence electrons. The SMILES string of the molecule is COCC(=O)N1CCN(C2CCC(C)(C)CC2)C[C@@](O)(COc2cccc(F)c2F)C1. The Bertz CT molecular complexity index is 766. The number of methoxy groups -OCH3 is 1. The summed E-state index contributed by atoms with van der Waals surface area (Å²) in [4.78, 5) is 16.3. The first-order valence-electron chi connectivity index (χ1n) is 10.9. The quantitative estimate of drug-likeness (QED) is 0.737. The molecule has 6 nitrogen and oxygen atoms in total. The zero-order chi connectivity index (χ0) is 22.6. The smallest absolute Gasteiger partial charge is 0.248 e. The Morgan fingerprint density at radius 1 is 1.19 bits per heavy atom. The molecule has 1 aromatic carbocycles. The van der Waals surface area contributed by atoms with E-state index in [1.807, 2.05) is 0 Å². The van der Waals surface area contributed by atoms with Crippen molar-refractivity contribution in [2.24, 2.45) is 5.41 Å². The minimum Gasteiger partial charge on any atom is -0.487 e. The minimum absolute atomic E-state index is 0.0425. The number of benzene rings is 1. The molecule has 1 aromatic rings. The average molecular weight is 441 g/mol. The van der Waals surface area contributed by atoms with E-state index in [-0.39, 0.29) is 31.4 Å². The molecule has 0 aromatic heterocycles. The number of aliphatic hydroxyl groups is 1. The van der Waals surface area contributed by atoms with E-state index in [4.69, 9.17) is 9.47 Å². The minimum atomic E-state index is -1.42. The van der Waals surface area contributed by atoms with E-state index < -0.39 is 17.2 Å². The van der Waals surface area contributed by atoms with Crippen molar-refractivity contribution >= 4 is 5.91 Å². The lowest BCUT2D eigenvalue weighted by Crippen LogP contribution is -2.54. The second-order valence-corrected chi connectivity index (χ2v) is 9.68. The number of nitrogens with zero attached hydrogens (tertiary/aromatic N) is 2. The van der Waals surface area contributed by atoms with E-state index in [2.05, 4.69) is 18.7 Å². The number of amides is 1. The van der Waals surface area contributed by atoms with Gasteiger partial charge in [-0.1, -0.05) is 19.9 Å². The molecule has 3 rings (SSSR count). The molecule has 0 radical (unpaired) electrons. The van der Waals surface area contributed by atoms with Crippen LogP contribution in [-0.2, 0) is 9.53 Å². The molecule has 31 heavy (non-hydrogen) atoms. The van der Waals surface area contributed by atoms with Crippen LogP contribution in [0.15, 0.2) is 18.2 Å². The standard InChI is InChI=1S/C23H34F2N2O4/c1-22(2)9-7-17(8-10-22)26-11-12-27(20(28)13-30-3)15-23(29,14-26)16-31-19-6-4-5-18(24)21(19)25/h4-6,17,29H,7-16H2,1-3H3/t23-/m0/s1. The molecule has 0 bridgehead atoms. The van der Waals surface area contributed by atoms with Gasteiger partial charge in [0, 0.05) is 32.8 Å². The van der Waals surface area contributed by atoms with Gasteiger partial charge in [0.15, 0.2) is 11.6 Å². The Kier molecular flexibility index (Phi) is 7.55. The Hall–Kier alpha value is -1.77. The van der Waals surface area contributed by atoms with Gasteiger partial charge in [0.2, 0.25) is 11.7 Å². The summed E-state index contributed by atoms with van der Waals surface area (Å²) in [7, 11) is 1.45. The summed E-state index contributed by atoms with van der Waals surface area (Å²) >= 11 is 0. The zero-order valence-corrected chi connectivity index (χ0v) is 18.7. The van der Waals surface area contributed by atoms with Crippen LogP contribution in [0.2, 0.25) is 0 Å². The van der Waals surface area contributed by atoms with Crippen molar-refractivity contribution in [1.82, 2.24) is 9.80 Å². The molecule has 1 saturated carbocycles. The first-order valence-corrected chi connectivity index (χ1v) is 10.9. The van der Waals surface area contributed by atoms with Crippen LogP contribution in [0.3, 0.4) is 0 Å². The Labute approximate surface area is 183 Å². The Morgan fingerprint density at radius 2 is 1.90 bits per heavy atom. The van der Waals surface area contributed by atoms with Crippen LogP contribution < -0.4 is 4.74 Å². The van der Waals surface area contributed by atoms with Gasteiger partial charge in [-0.25, -0.2) is 4.39 Å². The van der Waals surface area contributed by atoms with E-state index in [0.29, 0.717) is 31.1 Å². The van der Waals surface area contributed by atoms with E-state index in [1.54, 1.807) is 4.90 Å². The normalized spacial score (nSPS) is 25.3. The van der Waals surface area contributed by atoms with Gasteiger partial charge in [-0.2, -0.15) is 4.39 Å². The maximum absolute atomic E-state index is 14.0. The van der Waals surface area contributed by atoms with Gasteiger partial charge >= 0.3 is 0 Å². The number of rotatable bonds is 6. The van der Waals surface area contributed by atoms with Crippen LogP contribution in [0.25, 0.3) is 0 Å². The summed E-state index contributed by atoms with van der Waals surface area (Å²) in [6.45, 7) is 5.66. The van der Waals surface area contributed by atoms with Gasteiger partial charge < -0.3 is 19.5 Å². The van der Waals surface area contributed by atoms with Crippen LogP contribution in [0.5, 0.6) is 5.75 Å². The van der Waals surface area contributed by atoms with Crippen molar-refractivity contribution in [2.45, 2.75) is 51.2 Å². The van der Waals surface area contributed by atoms with Gasteiger partial charge in [0.1, 0.15) is 18.8 Å². The van der Waals surface area contributed by atoms with Crippen LogP contribution in [0, 0.1) is 17.0 Å². The molecule has 2 fully saturated rings. The molecule has 1 aliphatic carbocycles. The lowest BCUT2D eigenvalue weighted by Gasteiger charge is -2.41. The van der Waals surface area contributed by atoms with Crippen molar-refractivity contribution in [3.05, 3.63) is 29.8 Å². The molecule has 1 heterocycles. The van der Waals surface area contributed by atoms with Crippen LogP contribution in [0.1, 0.15) is 39.5 Å². The van der Waals surface area contributed by atoms with Gasteiger partial charge in [-0.3, -0.25) is 9.69 Å². The second kappa shape index (κ2) is 9.79.